The average Bonchev–Trinajstić information content (AvgIpc) is 2.57. The van der Waals surface area contributed by atoms with Gasteiger partial charge in [0.1, 0.15) is 17.4 Å². The van der Waals surface area contributed by atoms with Crippen molar-refractivity contribution in [2.45, 2.75) is 17.9 Å². The van der Waals surface area contributed by atoms with E-state index in [0.29, 0.717) is 11.8 Å². The molecular weight excluding hydrogens is 354 g/mol. The highest BCUT2D eigenvalue weighted by molar-refractivity contribution is 7.89. The van der Waals surface area contributed by atoms with Crippen molar-refractivity contribution in [3.05, 3.63) is 54.1 Å². The van der Waals surface area contributed by atoms with Crippen LogP contribution in [-0.4, -0.2) is 27.5 Å². The quantitative estimate of drug-likeness (QED) is 0.817. The molecule has 1 amide bonds. The third-order valence-corrected chi connectivity index (χ3v) is 4.84. The SMILES string of the molecule is COc1ccc(S(=O)(=O)N[C@@H](C)C(=O)Nc2ccc(F)cc2F)cc1. The third-order valence-electron chi connectivity index (χ3n) is 3.28. The summed E-state index contributed by atoms with van der Waals surface area (Å²) in [5, 5.41) is 2.20. The van der Waals surface area contributed by atoms with Gasteiger partial charge in [-0.15, -0.1) is 0 Å². The Labute approximate surface area is 143 Å². The lowest BCUT2D eigenvalue weighted by Crippen LogP contribution is -2.41. The van der Waals surface area contributed by atoms with Crippen LogP contribution in [0.15, 0.2) is 47.4 Å². The molecule has 9 heteroatoms. The van der Waals surface area contributed by atoms with Gasteiger partial charge in [0, 0.05) is 6.07 Å². The minimum absolute atomic E-state index is 0.0547. The van der Waals surface area contributed by atoms with E-state index in [0.717, 1.165) is 12.1 Å². The first kappa shape index (κ1) is 18.8. The van der Waals surface area contributed by atoms with Crippen LogP contribution in [0.5, 0.6) is 5.75 Å². The van der Waals surface area contributed by atoms with Gasteiger partial charge in [0.25, 0.3) is 0 Å². The highest BCUT2D eigenvalue weighted by Crippen LogP contribution is 2.17. The number of carbonyl (C=O) groups is 1. The molecule has 0 spiro atoms. The van der Waals surface area contributed by atoms with Gasteiger partial charge in [-0.2, -0.15) is 4.72 Å². The monoisotopic (exact) mass is 370 g/mol. The summed E-state index contributed by atoms with van der Waals surface area (Å²) in [6, 6.07) is 7.04. The molecule has 0 radical (unpaired) electrons. The van der Waals surface area contributed by atoms with Crippen LogP contribution in [0.25, 0.3) is 0 Å². The van der Waals surface area contributed by atoms with Gasteiger partial charge in [0.2, 0.25) is 15.9 Å². The maximum Gasteiger partial charge on any atom is 0.242 e. The Morgan fingerprint density at radius 2 is 1.76 bits per heavy atom. The zero-order valence-corrected chi connectivity index (χ0v) is 14.2. The summed E-state index contributed by atoms with van der Waals surface area (Å²) in [5.74, 6) is -2.05. The minimum atomic E-state index is -3.96. The minimum Gasteiger partial charge on any atom is -0.497 e. The summed E-state index contributed by atoms with van der Waals surface area (Å²) < 4.78 is 58.0. The summed E-state index contributed by atoms with van der Waals surface area (Å²) in [4.78, 5) is 12.0. The number of hydrogen-bond acceptors (Lipinski definition) is 4. The number of benzene rings is 2. The van der Waals surface area contributed by atoms with Gasteiger partial charge in [0.05, 0.1) is 23.7 Å². The molecule has 0 aliphatic carbocycles. The number of halogens is 2. The van der Waals surface area contributed by atoms with Crippen LogP contribution in [0.4, 0.5) is 14.5 Å². The Bertz CT molecular complexity index is 870. The highest BCUT2D eigenvalue weighted by atomic mass is 32.2. The van der Waals surface area contributed by atoms with E-state index in [4.69, 9.17) is 4.74 Å². The number of nitrogens with one attached hydrogen (secondary N) is 2. The smallest absolute Gasteiger partial charge is 0.242 e. The van der Waals surface area contributed by atoms with E-state index >= 15 is 0 Å². The second-order valence-corrected chi connectivity index (χ2v) is 6.85. The fraction of sp³-hybridized carbons (Fsp3) is 0.188. The van der Waals surface area contributed by atoms with Gasteiger partial charge in [-0.3, -0.25) is 4.79 Å². The molecule has 0 saturated heterocycles. The van der Waals surface area contributed by atoms with Crippen LogP contribution in [0, 0.1) is 11.6 Å². The molecule has 0 unspecified atom stereocenters. The van der Waals surface area contributed by atoms with Crippen LogP contribution in [0.3, 0.4) is 0 Å². The fourth-order valence-corrected chi connectivity index (χ4v) is 3.14. The number of ether oxygens (including phenoxy) is 1. The van der Waals surface area contributed by atoms with E-state index in [-0.39, 0.29) is 10.6 Å². The average molecular weight is 370 g/mol. The van der Waals surface area contributed by atoms with Gasteiger partial charge in [-0.1, -0.05) is 0 Å². The molecule has 25 heavy (non-hydrogen) atoms. The molecule has 2 N–H and O–H groups in total. The predicted molar refractivity (Wildman–Crippen MR) is 87.8 cm³/mol. The first-order valence-electron chi connectivity index (χ1n) is 7.15. The summed E-state index contributed by atoms with van der Waals surface area (Å²) in [7, 11) is -2.51. The second kappa shape index (κ2) is 7.58. The number of methoxy groups -OCH3 is 1. The second-order valence-electron chi connectivity index (χ2n) is 5.13. The van der Waals surface area contributed by atoms with Gasteiger partial charge >= 0.3 is 0 Å². The number of anilines is 1. The lowest BCUT2D eigenvalue weighted by atomic mass is 10.2. The highest BCUT2D eigenvalue weighted by Gasteiger charge is 2.22. The third kappa shape index (κ3) is 4.74. The molecule has 2 aromatic carbocycles. The van der Waals surface area contributed by atoms with Crippen LogP contribution in [0.1, 0.15) is 6.92 Å². The van der Waals surface area contributed by atoms with Crippen LogP contribution >= 0.6 is 0 Å². The van der Waals surface area contributed by atoms with Crippen molar-refractivity contribution < 1.29 is 26.7 Å². The summed E-state index contributed by atoms with van der Waals surface area (Å²) in [5.41, 5.74) is -0.248. The van der Waals surface area contributed by atoms with Crippen molar-refractivity contribution in [2.24, 2.45) is 0 Å². The molecule has 1 atom stereocenters. The molecule has 0 saturated carbocycles. The molecule has 0 bridgehead atoms. The maximum absolute atomic E-state index is 13.5. The molecule has 0 fully saturated rings. The molecule has 0 aliphatic heterocycles. The lowest BCUT2D eigenvalue weighted by Gasteiger charge is -2.15. The fourth-order valence-electron chi connectivity index (χ4n) is 1.94. The lowest BCUT2D eigenvalue weighted by molar-refractivity contribution is -0.117. The summed E-state index contributed by atoms with van der Waals surface area (Å²) >= 11 is 0. The van der Waals surface area contributed by atoms with E-state index in [1.165, 1.54) is 38.3 Å². The van der Waals surface area contributed by atoms with Crippen molar-refractivity contribution in [3.8, 4) is 5.75 Å². The van der Waals surface area contributed by atoms with Crippen molar-refractivity contribution in [1.82, 2.24) is 4.72 Å². The Balaban J connectivity index is 2.08. The molecule has 2 rings (SSSR count). The Hall–Kier alpha value is -2.52. The maximum atomic E-state index is 13.5. The van der Waals surface area contributed by atoms with E-state index in [1.54, 1.807) is 0 Å². The number of hydrogen-bond donors (Lipinski definition) is 2. The molecule has 0 heterocycles. The van der Waals surface area contributed by atoms with E-state index < -0.39 is 33.6 Å². The zero-order chi connectivity index (χ0) is 18.6. The zero-order valence-electron chi connectivity index (χ0n) is 13.4. The van der Waals surface area contributed by atoms with E-state index in [2.05, 4.69) is 10.0 Å². The molecule has 6 nitrogen and oxygen atoms in total. The van der Waals surface area contributed by atoms with Gasteiger partial charge in [0.15, 0.2) is 0 Å². The largest absolute Gasteiger partial charge is 0.497 e. The first-order valence-corrected chi connectivity index (χ1v) is 8.63. The molecule has 0 aromatic heterocycles. The first-order chi connectivity index (χ1) is 11.7. The molecular formula is C16H16F2N2O4S. The van der Waals surface area contributed by atoms with Crippen molar-refractivity contribution in [1.29, 1.82) is 0 Å². The number of amides is 1. The standard InChI is InChI=1S/C16H16F2N2O4S/c1-10(16(21)19-15-8-3-11(17)9-14(15)18)20-25(22,23)13-6-4-12(24-2)5-7-13/h3-10,20H,1-2H3,(H,19,21)/t10-/m0/s1. The van der Waals surface area contributed by atoms with Crippen molar-refractivity contribution >= 4 is 21.6 Å². The Morgan fingerprint density at radius 3 is 2.32 bits per heavy atom. The summed E-state index contributed by atoms with van der Waals surface area (Å²) in [6.45, 7) is 1.30. The van der Waals surface area contributed by atoms with Crippen molar-refractivity contribution in [2.75, 3.05) is 12.4 Å². The molecule has 0 aliphatic rings. The number of carbonyl (C=O) groups excluding carboxylic acids is 1. The van der Waals surface area contributed by atoms with E-state index in [9.17, 15) is 22.0 Å². The normalized spacial score (nSPS) is 12.5. The number of rotatable bonds is 6. The van der Waals surface area contributed by atoms with Gasteiger partial charge < -0.3 is 10.1 Å². The van der Waals surface area contributed by atoms with E-state index in [1.807, 2.05) is 0 Å². The van der Waals surface area contributed by atoms with Gasteiger partial charge in [-0.05, 0) is 43.3 Å². The Morgan fingerprint density at radius 1 is 1.12 bits per heavy atom. The summed E-state index contributed by atoms with van der Waals surface area (Å²) in [6.07, 6.45) is 0. The van der Waals surface area contributed by atoms with Crippen LogP contribution in [0.2, 0.25) is 0 Å². The molecule has 134 valence electrons. The predicted octanol–water partition coefficient (Wildman–Crippen LogP) is 2.28. The van der Waals surface area contributed by atoms with Crippen LogP contribution < -0.4 is 14.8 Å². The van der Waals surface area contributed by atoms with Gasteiger partial charge in [-0.25, -0.2) is 17.2 Å². The topological polar surface area (TPSA) is 84.5 Å². The Kier molecular flexibility index (Phi) is 5.70. The van der Waals surface area contributed by atoms with Crippen LogP contribution in [-0.2, 0) is 14.8 Å². The number of sulfonamides is 1. The molecule has 2 aromatic rings. The van der Waals surface area contributed by atoms with Crippen molar-refractivity contribution in [3.63, 3.8) is 0 Å².